The third-order valence-electron chi connectivity index (χ3n) is 8.40. The van der Waals surface area contributed by atoms with Crippen LogP contribution in [0.3, 0.4) is 0 Å². The van der Waals surface area contributed by atoms with E-state index in [0.717, 1.165) is 65.9 Å². The van der Waals surface area contributed by atoms with Crippen molar-refractivity contribution in [3.05, 3.63) is 35.4 Å². The van der Waals surface area contributed by atoms with Crippen LogP contribution in [0.4, 0.5) is 4.79 Å². The molecular formula is C24H29N3O3. The predicted octanol–water partition coefficient (Wildman–Crippen LogP) is 2.86. The first-order valence-corrected chi connectivity index (χ1v) is 11.5. The van der Waals surface area contributed by atoms with Gasteiger partial charge in [-0.25, -0.2) is 4.79 Å². The van der Waals surface area contributed by atoms with Crippen molar-refractivity contribution in [3.63, 3.8) is 0 Å². The predicted molar refractivity (Wildman–Crippen MR) is 110 cm³/mol. The van der Waals surface area contributed by atoms with Crippen LogP contribution in [0.15, 0.2) is 24.3 Å². The van der Waals surface area contributed by atoms with Crippen LogP contribution in [0.25, 0.3) is 0 Å². The maximum absolute atomic E-state index is 13.4. The quantitative estimate of drug-likeness (QED) is 0.757. The number of aryl methyl sites for hydroxylation is 1. The summed E-state index contributed by atoms with van der Waals surface area (Å²) in [4.78, 5) is 40.3. The zero-order chi connectivity index (χ0) is 20.5. The van der Waals surface area contributed by atoms with Gasteiger partial charge in [-0.3, -0.25) is 14.5 Å². The van der Waals surface area contributed by atoms with Crippen LogP contribution >= 0.6 is 0 Å². The minimum Gasteiger partial charge on any atom is -0.349 e. The molecule has 4 amide bonds. The lowest BCUT2D eigenvalue weighted by Crippen LogP contribution is -2.61. The Bertz CT molecular complexity index is 906. The molecule has 1 spiro atoms. The number of urea groups is 1. The van der Waals surface area contributed by atoms with Crippen LogP contribution in [0.1, 0.15) is 62.5 Å². The molecule has 1 saturated heterocycles. The number of imide groups is 1. The van der Waals surface area contributed by atoms with Crippen molar-refractivity contribution >= 4 is 17.8 Å². The minimum absolute atomic E-state index is 0.111. The average Bonchev–Trinajstić information content (AvgIpc) is 2.92. The van der Waals surface area contributed by atoms with E-state index in [1.54, 1.807) is 0 Å². The van der Waals surface area contributed by atoms with Gasteiger partial charge in [0.2, 0.25) is 5.91 Å². The second-order valence-electron chi connectivity index (χ2n) is 10.5. The Labute approximate surface area is 176 Å². The zero-order valence-corrected chi connectivity index (χ0v) is 17.3. The molecular weight excluding hydrogens is 378 g/mol. The lowest BCUT2D eigenvalue weighted by molar-refractivity contribution is -0.137. The fraction of sp³-hybridized carbons (Fsp3) is 0.625. The van der Waals surface area contributed by atoms with E-state index < -0.39 is 11.6 Å². The Morgan fingerprint density at radius 2 is 1.73 bits per heavy atom. The lowest BCUT2D eigenvalue weighted by Gasteiger charge is -2.56. The average molecular weight is 408 g/mol. The van der Waals surface area contributed by atoms with Crippen LogP contribution in [-0.4, -0.2) is 34.8 Å². The van der Waals surface area contributed by atoms with Crippen LogP contribution in [0.5, 0.6) is 0 Å². The highest BCUT2D eigenvalue weighted by Gasteiger charge is 2.55. The van der Waals surface area contributed by atoms with E-state index in [4.69, 9.17) is 0 Å². The molecule has 7 rings (SSSR count). The lowest BCUT2D eigenvalue weighted by atomic mass is 9.53. The number of fused-ring (bicyclic) bond motifs is 2. The van der Waals surface area contributed by atoms with Gasteiger partial charge in [0.1, 0.15) is 12.1 Å². The van der Waals surface area contributed by atoms with E-state index in [-0.39, 0.29) is 23.9 Å². The molecule has 0 aromatic heterocycles. The van der Waals surface area contributed by atoms with E-state index in [2.05, 4.69) is 10.6 Å². The van der Waals surface area contributed by atoms with Crippen molar-refractivity contribution in [2.45, 2.75) is 68.9 Å². The van der Waals surface area contributed by atoms with E-state index in [1.165, 1.54) is 19.3 Å². The first kappa shape index (κ1) is 18.4. The van der Waals surface area contributed by atoms with Crippen LogP contribution in [-0.2, 0) is 21.5 Å². The molecule has 0 radical (unpaired) electrons. The molecule has 6 heteroatoms. The monoisotopic (exact) mass is 407 g/mol. The zero-order valence-electron chi connectivity index (χ0n) is 17.3. The summed E-state index contributed by atoms with van der Waals surface area (Å²) in [5, 5.41) is 6.24. The van der Waals surface area contributed by atoms with Gasteiger partial charge in [0.05, 0.1) is 0 Å². The SMILES string of the molecule is O=C(CN1C(=O)N[C@]2(CCCc3ccccc32)C1=O)NC12CC3CC(CC(C3)C1)C2. The van der Waals surface area contributed by atoms with Crippen LogP contribution in [0, 0.1) is 17.8 Å². The smallest absolute Gasteiger partial charge is 0.325 e. The number of carbonyl (C=O) groups excluding carboxylic acids is 3. The number of rotatable bonds is 3. The van der Waals surface area contributed by atoms with Crippen LogP contribution < -0.4 is 10.6 Å². The summed E-state index contributed by atoms with van der Waals surface area (Å²) in [5.41, 5.74) is 0.878. The van der Waals surface area contributed by atoms with E-state index >= 15 is 0 Å². The molecule has 1 aromatic carbocycles. The van der Waals surface area contributed by atoms with E-state index in [0.29, 0.717) is 6.42 Å². The molecule has 158 valence electrons. The molecule has 6 aliphatic rings. The fourth-order valence-corrected chi connectivity index (χ4v) is 7.70. The number of carbonyl (C=O) groups is 3. The number of nitrogens with zero attached hydrogens (tertiary/aromatic N) is 1. The Morgan fingerprint density at radius 1 is 1.07 bits per heavy atom. The van der Waals surface area contributed by atoms with Crippen molar-refractivity contribution in [2.24, 2.45) is 17.8 Å². The first-order valence-electron chi connectivity index (χ1n) is 11.5. The molecule has 1 heterocycles. The first-order chi connectivity index (χ1) is 14.5. The molecule has 1 atom stereocenters. The summed E-state index contributed by atoms with van der Waals surface area (Å²) in [7, 11) is 0. The highest BCUT2D eigenvalue weighted by molar-refractivity contribution is 6.09. The van der Waals surface area contributed by atoms with Crippen molar-refractivity contribution in [2.75, 3.05) is 6.54 Å². The second-order valence-corrected chi connectivity index (χ2v) is 10.5. The van der Waals surface area contributed by atoms with Crippen molar-refractivity contribution in [3.8, 4) is 0 Å². The largest absolute Gasteiger partial charge is 0.349 e. The number of nitrogens with one attached hydrogen (secondary N) is 2. The molecule has 30 heavy (non-hydrogen) atoms. The molecule has 0 unspecified atom stereocenters. The van der Waals surface area contributed by atoms with Gasteiger partial charge < -0.3 is 10.6 Å². The molecule has 6 nitrogen and oxygen atoms in total. The van der Waals surface area contributed by atoms with Gasteiger partial charge in [-0.05, 0) is 86.7 Å². The van der Waals surface area contributed by atoms with Gasteiger partial charge >= 0.3 is 6.03 Å². The maximum Gasteiger partial charge on any atom is 0.325 e. The van der Waals surface area contributed by atoms with Crippen molar-refractivity contribution in [1.82, 2.24) is 15.5 Å². The maximum atomic E-state index is 13.4. The van der Waals surface area contributed by atoms with Crippen molar-refractivity contribution < 1.29 is 14.4 Å². The molecule has 4 saturated carbocycles. The van der Waals surface area contributed by atoms with Gasteiger partial charge in [0.25, 0.3) is 5.91 Å². The summed E-state index contributed by atoms with van der Waals surface area (Å²) >= 11 is 0. The molecule has 2 N–H and O–H groups in total. The van der Waals surface area contributed by atoms with Gasteiger partial charge in [-0.1, -0.05) is 24.3 Å². The topological polar surface area (TPSA) is 78.5 Å². The van der Waals surface area contributed by atoms with E-state index in [1.807, 2.05) is 24.3 Å². The van der Waals surface area contributed by atoms with E-state index in [9.17, 15) is 14.4 Å². The molecule has 1 aliphatic heterocycles. The minimum atomic E-state index is -1.01. The van der Waals surface area contributed by atoms with Crippen molar-refractivity contribution in [1.29, 1.82) is 0 Å². The normalized spacial score (nSPS) is 38.7. The highest BCUT2D eigenvalue weighted by atomic mass is 16.2. The molecule has 5 aliphatic carbocycles. The van der Waals surface area contributed by atoms with Gasteiger partial charge in [0, 0.05) is 5.54 Å². The van der Waals surface area contributed by atoms with Gasteiger partial charge in [-0.2, -0.15) is 0 Å². The van der Waals surface area contributed by atoms with Crippen LogP contribution in [0.2, 0.25) is 0 Å². The number of amides is 4. The Morgan fingerprint density at radius 3 is 2.43 bits per heavy atom. The number of hydrogen-bond donors (Lipinski definition) is 2. The summed E-state index contributed by atoms with van der Waals surface area (Å²) < 4.78 is 0. The standard InChI is InChI=1S/C24H29N3O3/c28-20(25-23-11-15-8-16(12-23)10-17(9-15)13-23)14-27-21(29)24(26-22(27)30)7-3-5-18-4-1-2-6-19(18)24/h1-2,4,6,15-17H,3,5,7-14H2,(H,25,28)(H,26,30)/t15?,16?,17?,23?,24-/m0/s1. The Hall–Kier alpha value is -2.37. The van der Waals surface area contributed by atoms with Gasteiger partial charge in [0.15, 0.2) is 0 Å². The summed E-state index contributed by atoms with van der Waals surface area (Å²) in [6.45, 7) is -0.184. The third-order valence-corrected chi connectivity index (χ3v) is 8.40. The second kappa shape index (κ2) is 6.32. The molecule has 1 aromatic rings. The highest BCUT2D eigenvalue weighted by Crippen LogP contribution is 2.55. The Balaban J connectivity index is 1.20. The summed E-state index contributed by atoms with van der Waals surface area (Å²) in [6, 6.07) is 7.39. The summed E-state index contributed by atoms with van der Waals surface area (Å²) in [6.07, 6.45) is 9.44. The number of hydrogen-bond acceptors (Lipinski definition) is 3. The Kier molecular flexibility index (Phi) is 3.87. The fourth-order valence-electron chi connectivity index (χ4n) is 7.70. The number of benzene rings is 1. The van der Waals surface area contributed by atoms with Gasteiger partial charge in [-0.15, -0.1) is 0 Å². The summed E-state index contributed by atoms with van der Waals surface area (Å²) in [5.74, 6) is 1.72. The molecule has 4 bridgehead atoms. The molecule has 5 fully saturated rings. The third kappa shape index (κ3) is 2.65.